The average molecular weight is 344 g/mol. The van der Waals surface area contributed by atoms with E-state index in [0.29, 0.717) is 24.3 Å². The molecule has 1 aliphatic heterocycles. The summed E-state index contributed by atoms with van der Waals surface area (Å²) in [5.41, 5.74) is 1.22. The number of carbonyl (C=O) groups excluding carboxylic acids is 3. The Kier molecular flexibility index (Phi) is 6.61. The number of para-hydroxylation sites is 1. The molecule has 1 aromatic carbocycles. The van der Waals surface area contributed by atoms with Crippen LogP contribution in [-0.4, -0.2) is 37.7 Å². The predicted molar refractivity (Wildman–Crippen MR) is 93.5 cm³/mol. The zero-order chi connectivity index (χ0) is 18.4. The molecular formula is C18H23BNO5. The zero-order valence-electron chi connectivity index (χ0n) is 14.8. The molecule has 0 aliphatic carbocycles. The first-order chi connectivity index (χ1) is 11.9. The molecule has 1 amide bonds. The van der Waals surface area contributed by atoms with Crippen molar-refractivity contribution in [3.8, 4) is 5.75 Å². The van der Waals surface area contributed by atoms with Crippen LogP contribution in [0.25, 0.3) is 0 Å². The molecule has 1 N–H and O–H groups in total. The summed E-state index contributed by atoms with van der Waals surface area (Å²) in [5, 5.41) is 2.82. The molecule has 0 unspecified atom stereocenters. The minimum atomic E-state index is -0.414. The Labute approximate surface area is 148 Å². The Morgan fingerprint density at radius 1 is 1.32 bits per heavy atom. The van der Waals surface area contributed by atoms with E-state index < -0.39 is 5.97 Å². The van der Waals surface area contributed by atoms with Gasteiger partial charge < -0.3 is 19.5 Å². The van der Waals surface area contributed by atoms with Gasteiger partial charge in [-0.15, -0.1) is 0 Å². The number of rotatable bonds is 7. The summed E-state index contributed by atoms with van der Waals surface area (Å²) in [4.78, 5) is 35.0. The van der Waals surface area contributed by atoms with Crippen LogP contribution in [0, 0.1) is 5.92 Å². The molecule has 0 spiro atoms. The third-order valence-corrected chi connectivity index (χ3v) is 3.70. The number of amides is 1. The maximum atomic E-state index is 12.2. The fourth-order valence-corrected chi connectivity index (χ4v) is 2.45. The summed E-state index contributed by atoms with van der Waals surface area (Å²) in [7, 11) is 1.51. The van der Waals surface area contributed by atoms with E-state index in [1.54, 1.807) is 12.1 Å². The van der Waals surface area contributed by atoms with E-state index in [9.17, 15) is 14.4 Å². The summed E-state index contributed by atoms with van der Waals surface area (Å²) < 4.78 is 10.9. The van der Waals surface area contributed by atoms with Gasteiger partial charge in [-0.05, 0) is 30.9 Å². The molecule has 1 radical (unpaired) electrons. The molecule has 1 atom stereocenters. The van der Waals surface area contributed by atoms with Crippen LogP contribution in [0.3, 0.4) is 0 Å². The van der Waals surface area contributed by atoms with Gasteiger partial charge in [0, 0.05) is 18.8 Å². The second-order valence-electron chi connectivity index (χ2n) is 6.62. The van der Waals surface area contributed by atoms with E-state index in [0.717, 1.165) is 5.56 Å². The first-order valence-corrected chi connectivity index (χ1v) is 8.44. The number of ketones is 1. The molecule has 133 valence electrons. The first-order valence-electron chi connectivity index (χ1n) is 8.44. The van der Waals surface area contributed by atoms with Gasteiger partial charge in [-0.3, -0.25) is 4.79 Å². The van der Waals surface area contributed by atoms with Gasteiger partial charge >= 0.3 is 13.5 Å². The van der Waals surface area contributed by atoms with E-state index in [1.165, 1.54) is 14.4 Å². The predicted octanol–water partition coefficient (Wildman–Crippen LogP) is 1.86. The number of nitrogens with one attached hydrogen (secondary N) is 1. The van der Waals surface area contributed by atoms with Gasteiger partial charge in [0.25, 0.3) is 0 Å². The third-order valence-electron chi connectivity index (χ3n) is 3.70. The van der Waals surface area contributed by atoms with Crippen molar-refractivity contribution in [2.45, 2.75) is 46.0 Å². The molecular weight excluding hydrogens is 321 g/mol. The second-order valence-corrected chi connectivity index (χ2v) is 6.62. The first kappa shape index (κ1) is 19.0. The maximum absolute atomic E-state index is 12.2. The lowest BCUT2D eigenvalue weighted by Crippen LogP contribution is -2.45. The zero-order valence-corrected chi connectivity index (χ0v) is 14.8. The number of Topliss-reactive ketones (excluding diaryl/α,β-unsaturated/α-hetero) is 1. The highest BCUT2D eigenvalue weighted by Gasteiger charge is 2.27. The number of esters is 1. The molecule has 25 heavy (non-hydrogen) atoms. The summed E-state index contributed by atoms with van der Waals surface area (Å²) in [6.45, 7) is 5.75. The van der Waals surface area contributed by atoms with Crippen LogP contribution in [0.2, 0.25) is 0 Å². The molecule has 0 fully saturated rings. The molecule has 1 heterocycles. The van der Waals surface area contributed by atoms with Crippen LogP contribution < -0.4 is 9.97 Å². The van der Waals surface area contributed by atoms with E-state index in [4.69, 9.17) is 9.39 Å². The van der Waals surface area contributed by atoms with Gasteiger partial charge in [-0.2, -0.15) is 0 Å². The van der Waals surface area contributed by atoms with Gasteiger partial charge in [0.1, 0.15) is 17.1 Å². The Morgan fingerprint density at radius 3 is 2.76 bits per heavy atom. The molecule has 0 bridgehead atoms. The lowest BCUT2D eigenvalue weighted by Gasteiger charge is -2.26. The van der Waals surface area contributed by atoms with E-state index >= 15 is 0 Å². The fraction of sp³-hybridized carbons (Fsp3) is 0.500. The van der Waals surface area contributed by atoms with Crippen molar-refractivity contribution in [1.82, 2.24) is 5.32 Å². The van der Waals surface area contributed by atoms with E-state index in [2.05, 4.69) is 5.32 Å². The maximum Gasteiger partial charge on any atom is 0.394 e. The highest BCUT2D eigenvalue weighted by atomic mass is 16.5. The Bertz CT molecular complexity index is 659. The monoisotopic (exact) mass is 344 g/mol. The fourth-order valence-electron chi connectivity index (χ4n) is 2.45. The van der Waals surface area contributed by atoms with E-state index in [-0.39, 0.29) is 36.4 Å². The average Bonchev–Trinajstić information content (AvgIpc) is 2.57. The minimum absolute atomic E-state index is 0.0195. The molecule has 1 aromatic rings. The van der Waals surface area contributed by atoms with Crippen LogP contribution in [0.4, 0.5) is 0 Å². The van der Waals surface area contributed by atoms with Crippen molar-refractivity contribution < 1.29 is 23.8 Å². The molecule has 0 saturated heterocycles. The standard InChI is InChI=1S/C18H23BNO5/c1-11(2)10-24-18(23)14-6-4-5-13-9-15(19-25-17(13)14)20-16(22)8-7-12(3)21/h4-6,11,15H,7-10H2,1-3H3,(H,20,22)/t15-/m0/s1. The number of benzene rings is 1. The quantitative estimate of drug-likeness (QED) is 0.603. The van der Waals surface area contributed by atoms with Crippen LogP contribution in [-0.2, 0) is 20.7 Å². The van der Waals surface area contributed by atoms with Gasteiger partial charge in [0.2, 0.25) is 5.91 Å². The number of fused-ring (bicyclic) bond motifs is 1. The number of hydrogen-bond acceptors (Lipinski definition) is 5. The lowest BCUT2D eigenvalue weighted by molar-refractivity contribution is -0.124. The smallest absolute Gasteiger partial charge is 0.394 e. The molecule has 0 saturated carbocycles. The summed E-state index contributed by atoms with van der Waals surface area (Å²) in [6.07, 6.45) is 0.905. The van der Waals surface area contributed by atoms with Crippen LogP contribution in [0.15, 0.2) is 18.2 Å². The minimum Gasteiger partial charge on any atom is -0.560 e. The molecule has 0 aromatic heterocycles. The highest BCUT2D eigenvalue weighted by molar-refractivity contribution is 6.32. The largest absolute Gasteiger partial charge is 0.560 e. The van der Waals surface area contributed by atoms with Gasteiger partial charge in [0.05, 0.1) is 6.61 Å². The van der Waals surface area contributed by atoms with Crippen LogP contribution in [0.1, 0.15) is 49.5 Å². The Morgan fingerprint density at radius 2 is 2.08 bits per heavy atom. The molecule has 7 heteroatoms. The van der Waals surface area contributed by atoms with Gasteiger partial charge in [-0.25, -0.2) is 4.79 Å². The van der Waals surface area contributed by atoms with Crippen LogP contribution in [0.5, 0.6) is 5.75 Å². The van der Waals surface area contributed by atoms with Crippen molar-refractivity contribution in [3.05, 3.63) is 29.3 Å². The SMILES string of the molecule is CC(=O)CCC(=O)N[C@@H]1[B]Oc2c(cccc2C(=O)OCC(C)C)C1. The highest BCUT2D eigenvalue weighted by Crippen LogP contribution is 2.29. The topological polar surface area (TPSA) is 81.7 Å². The van der Waals surface area contributed by atoms with Gasteiger partial charge in [-0.1, -0.05) is 26.0 Å². The number of ether oxygens (including phenoxy) is 1. The van der Waals surface area contributed by atoms with Crippen molar-refractivity contribution in [2.24, 2.45) is 5.92 Å². The summed E-state index contributed by atoms with van der Waals surface area (Å²) in [5.74, 6) is -0.197. The normalized spacial score (nSPS) is 15.6. The number of hydrogen-bond donors (Lipinski definition) is 1. The second kappa shape index (κ2) is 8.69. The molecule has 1 aliphatic rings. The summed E-state index contributed by atoms with van der Waals surface area (Å²) in [6, 6.07) is 5.30. The van der Waals surface area contributed by atoms with Crippen molar-refractivity contribution in [2.75, 3.05) is 6.61 Å². The lowest BCUT2D eigenvalue weighted by atomic mass is 9.79. The van der Waals surface area contributed by atoms with Crippen molar-refractivity contribution in [3.63, 3.8) is 0 Å². The summed E-state index contributed by atoms with van der Waals surface area (Å²) >= 11 is 0. The molecule has 2 rings (SSSR count). The van der Waals surface area contributed by atoms with Crippen LogP contribution >= 0.6 is 0 Å². The third kappa shape index (κ3) is 5.62. The Hall–Kier alpha value is -2.31. The van der Waals surface area contributed by atoms with Gasteiger partial charge in [0.15, 0.2) is 0 Å². The van der Waals surface area contributed by atoms with E-state index in [1.807, 2.05) is 19.9 Å². The Balaban J connectivity index is 1.99. The molecule has 6 nitrogen and oxygen atoms in total. The van der Waals surface area contributed by atoms with Crippen molar-refractivity contribution in [1.29, 1.82) is 0 Å². The van der Waals surface area contributed by atoms with Crippen molar-refractivity contribution >= 4 is 25.1 Å². The number of carbonyl (C=O) groups is 3.